The standard InChI is InChI=1S/C21H16ClFN4O3/c1-12-25-20(29-11-17(28)24-10-13-5-7-15(22)8-6-13)18-19(27-30-21(18)26-12)14-3-2-4-16(23)9-14/h2-9H,10-11H2,1H3,(H,24,28). The molecule has 30 heavy (non-hydrogen) atoms. The predicted octanol–water partition coefficient (Wildman–Crippen LogP) is 4.08. The van der Waals surface area contributed by atoms with Gasteiger partial charge in [-0.3, -0.25) is 4.79 Å². The number of hydrogen-bond donors (Lipinski definition) is 1. The lowest BCUT2D eigenvalue weighted by Crippen LogP contribution is -2.28. The third kappa shape index (κ3) is 4.38. The molecule has 0 radical (unpaired) electrons. The second-order valence-electron chi connectivity index (χ2n) is 6.49. The Balaban J connectivity index is 1.52. The number of aromatic nitrogens is 3. The first-order valence-electron chi connectivity index (χ1n) is 9.03. The van der Waals surface area contributed by atoms with Crippen LogP contribution in [0.25, 0.3) is 22.4 Å². The maximum atomic E-state index is 13.6. The third-order valence-corrected chi connectivity index (χ3v) is 4.51. The summed E-state index contributed by atoms with van der Waals surface area (Å²) in [6, 6.07) is 13.0. The first-order chi connectivity index (χ1) is 14.5. The second-order valence-corrected chi connectivity index (χ2v) is 6.93. The number of nitrogens with one attached hydrogen (secondary N) is 1. The van der Waals surface area contributed by atoms with Crippen molar-refractivity contribution in [3.63, 3.8) is 0 Å². The summed E-state index contributed by atoms with van der Waals surface area (Å²) in [5.41, 5.74) is 1.91. The largest absolute Gasteiger partial charge is 0.467 e. The van der Waals surface area contributed by atoms with Crippen LogP contribution >= 0.6 is 11.6 Å². The van der Waals surface area contributed by atoms with E-state index in [1.54, 1.807) is 31.2 Å². The first-order valence-corrected chi connectivity index (χ1v) is 9.41. The van der Waals surface area contributed by atoms with Gasteiger partial charge < -0.3 is 14.6 Å². The Labute approximate surface area is 175 Å². The minimum atomic E-state index is -0.416. The number of hydrogen-bond acceptors (Lipinski definition) is 6. The van der Waals surface area contributed by atoms with Crippen LogP contribution in [0.1, 0.15) is 11.4 Å². The summed E-state index contributed by atoms with van der Waals surface area (Å²) >= 11 is 5.86. The molecule has 0 aliphatic heterocycles. The molecule has 1 amide bonds. The molecule has 0 unspecified atom stereocenters. The topological polar surface area (TPSA) is 90.1 Å². The summed E-state index contributed by atoms with van der Waals surface area (Å²) in [5.74, 6) is -0.223. The van der Waals surface area contributed by atoms with E-state index in [4.69, 9.17) is 20.9 Å². The lowest BCUT2D eigenvalue weighted by atomic mass is 10.1. The highest BCUT2D eigenvalue weighted by atomic mass is 35.5. The minimum absolute atomic E-state index is 0.139. The zero-order valence-corrected chi connectivity index (χ0v) is 16.6. The van der Waals surface area contributed by atoms with Crippen LogP contribution in [-0.2, 0) is 11.3 Å². The molecular weight excluding hydrogens is 411 g/mol. The van der Waals surface area contributed by atoms with Crippen LogP contribution in [0.4, 0.5) is 4.39 Å². The van der Waals surface area contributed by atoms with Crippen molar-refractivity contribution in [2.45, 2.75) is 13.5 Å². The van der Waals surface area contributed by atoms with Crippen molar-refractivity contribution in [1.82, 2.24) is 20.4 Å². The summed E-state index contributed by atoms with van der Waals surface area (Å²) < 4.78 is 24.6. The zero-order chi connectivity index (χ0) is 21.1. The zero-order valence-electron chi connectivity index (χ0n) is 15.9. The van der Waals surface area contributed by atoms with E-state index in [1.165, 1.54) is 12.1 Å². The van der Waals surface area contributed by atoms with Gasteiger partial charge in [-0.25, -0.2) is 4.39 Å². The molecule has 0 saturated heterocycles. The van der Waals surface area contributed by atoms with E-state index < -0.39 is 5.82 Å². The maximum Gasteiger partial charge on any atom is 0.265 e. The molecule has 1 N–H and O–H groups in total. The summed E-state index contributed by atoms with van der Waals surface area (Å²) in [5, 5.41) is 7.74. The molecule has 4 aromatic rings. The third-order valence-electron chi connectivity index (χ3n) is 4.26. The molecule has 0 bridgehead atoms. The van der Waals surface area contributed by atoms with Gasteiger partial charge in [0.2, 0.25) is 5.88 Å². The highest BCUT2D eigenvalue weighted by Crippen LogP contribution is 2.33. The van der Waals surface area contributed by atoms with E-state index in [0.717, 1.165) is 5.56 Å². The van der Waals surface area contributed by atoms with Crippen molar-refractivity contribution < 1.29 is 18.4 Å². The monoisotopic (exact) mass is 426 g/mol. The van der Waals surface area contributed by atoms with Crippen LogP contribution in [0.2, 0.25) is 5.02 Å². The summed E-state index contributed by atoms with van der Waals surface area (Å²) in [7, 11) is 0. The van der Waals surface area contributed by atoms with E-state index in [2.05, 4.69) is 20.4 Å². The Morgan fingerprint density at radius 1 is 1.20 bits per heavy atom. The van der Waals surface area contributed by atoms with Gasteiger partial charge >= 0.3 is 0 Å². The van der Waals surface area contributed by atoms with E-state index in [9.17, 15) is 9.18 Å². The van der Waals surface area contributed by atoms with Crippen LogP contribution in [0.15, 0.2) is 53.1 Å². The van der Waals surface area contributed by atoms with Gasteiger partial charge in [0.15, 0.2) is 6.61 Å². The average molecular weight is 427 g/mol. The Morgan fingerprint density at radius 3 is 2.77 bits per heavy atom. The van der Waals surface area contributed by atoms with Gasteiger partial charge in [0.25, 0.3) is 11.6 Å². The smallest absolute Gasteiger partial charge is 0.265 e. The number of ether oxygens (including phenoxy) is 1. The first kappa shape index (κ1) is 19.8. The average Bonchev–Trinajstić information content (AvgIpc) is 3.15. The van der Waals surface area contributed by atoms with Gasteiger partial charge in [-0.1, -0.05) is 41.0 Å². The molecule has 2 heterocycles. The van der Waals surface area contributed by atoms with Crippen LogP contribution in [0.3, 0.4) is 0 Å². The number of carbonyl (C=O) groups is 1. The van der Waals surface area contributed by atoms with Crippen LogP contribution in [0.5, 0.6) is 5.88 Å². The van der Waals surface area contributed by atoms with Gasteiger partial charge in [0.05, 0.1) is 0 Å². The Kier molecular flexibility index (Phi) is 5.58. The lowest BCUT2D eigenvalue weighted by Gasteiger charge is -2.08. The van der Waals surface area contributed by atoms with E-state index in [0.29, 0.717) is 34.0 Å². The predicted molar refractivity (Wildman–Crippen MR) is 109 cm³/mol. The van der Waals surface area contributed by atoms with E-state index in [-0.39, 0.29) is 24.1 Å². The molecule has 9 heteroatoms. The Bertz CT molecular complexity index is 1210. The minimum Gasteiger partial charge on any atom is -0.467 e. The lowest BCUT2D eigenvalue weighted by molar-refractivity contribution is -0.123. The van der Waals surface area contributed by atoms with Crippen LogP contribution in [-0.4, -0.2) is 27.6 Å². The van der Waals surface area contributed by atoms with E-state index >= 15 is 0 Å². The van der Waals surface area contributed by atoms with Crippen molar-refractivity contribution in [2.24, 2.45) is 0 Å². The van der Waals surface area contributed by atoms with E-state index in [1.807, 2.05) is 12.1 Å². The highest BCUT2D eigenvalue weighted by Gasteiger charge is 2.20. The fourth-order valence-electron chi connectivity index (χ4n) is 2.85. The van der Waals surface area contributed by atoms with Gasteiger partial charge in [0, 0.05) is 17.1 Å². The van der Waals surface area contributed by atoms with Gasteiger partial charge in [-0.15, -0.1) is 0 Å². The molecular formula is C21H16ClFN4O3. The van der Waals surface area contributed by atoms with Gasteiger partial charge in [0.1, 0.15) is 22.7 Å². The van der Waals surface area contributed by atoms with Crippen molar-refractivity contribution in [3.05, 3.63) is 70.8 Å². The number of amides is 1. The molecule has 0 saturated carbocycles. The number of fused-ring (bicyclic) bond motifs is 1. The summed E-state index contributed by atoms with van der Waals surface area (Å²) in [4.78, 5) is 20.7. The van der Waals surface area contributed by atoms with Crippen LogP contribution in [0, 0.1) is 12.7 Å². The number of benzene rings is 2. The molecule has 0 atom stereocenters. The number of rotatable bonds is 6. The van der Waals surface area contributed by atoms with Crippen molar-refractivity contribution in [3.8, 4) is 17.1 Å². The Hall–Kier alpha value is -3.52. The number of halogens is 2. The maximum absolute atomic E-state index is 13.6. The second kappa shape index (κ2) is 8.46. The SMILES string of the molecule is Cc1nc(OCC(=O)NCc2ccc(Cl)cc2)c2c(-c3cccc(F)c3)noc2n1. The number of carbonyl (C=O) groups excluding carboxylic acids is 1. The molecule has 0 aliphatic rings. The fraction of sp³-hybridized carbons (Fsp3) is 0.143. The molecule has 4 rings (SSSR count). The fourth-order valence-corrected chi connectivity index (χ4v) is 2.98. The quantitative estimate of drug-likeness (QED) is 0.499. The number of nitrogens with zero attached hydrogens (tertiary/aromatic N) is 3. The van der Waals surface area contributed by atoms with Crippen molar-refractivity contribution in [1.29, 1.82) is 0 Å². The molecule has 0 fully saturated rings. The normalized spacial score (nSPS) is 10.9. The molecule has 7 nitrogen and oxygen atoms in total. The van der Waals surface area contributed by atoms with Crippen molar-refractivity contribution in [2.75, 3.05) is 6.61 Å². The molecule has 0 aliphatic carbocycles. The van der Waals surface area contributed by atoms with Gasteiger partial charge in [-0.05, 0) is 36.8 Å². The number of aryl methyl sites for hydroxylation is 1. The molecule has 2 aromatic carbocycles. The molecule has 152 valence electrons. The van der Waals surface area contributed by atoms with Crippen LogP contribution < -0.4 is 10.1 Å². The van der Waals surface area contributed by atoms with Gasteiger partial charge in [-0.2, -0.15) is 9.97 Å². The molecule has 0 spiro atoms. The van der Waals surface area contributed by atoms with Crippen molar-refractivity contribution >= 4 is 28.6 Å². The summed E-state index contributed by atoms with van der Waals surface area (Å²) in [6.45, 7) is 1.73. The summed E-state index contributed by atoms with van der Waals surface area (Å²) in [6.07, 6.45) is 0. The Morgan fingerprint density at radius 2 is 2.00 bits per heavy atom. The molecule has 2 aromatic heterocycles. The highest BCUT2D eigenvalue weighted by molar-refractivity contribution is 6.30.